The van der Waals surface area contributed by atoms with E-state index in [0.29, 0.717) is 41.0 Å². The Labute approximate surface area is 256 Å². The molecule has 0 aliphatic rings. The summed E-state index contributed by atoms with van der Waals surface area (Å²) in [6.07, 6.45) is 1.44. The smallest absolute Gasteiger partial charge is 0.264 e. The number of carbonyl (C=O) groups is 1. The van der Waals surface area contributed by atoms with Crippen LogP contribution in [0.25, 0.3) is 0 Å². The highest BCUT2D eigenvalue weighted by molar-refractivity contribution is 7.92. The minimum Gasteiger partial charge on any atom is -0.497 e. The Bertz CT molecular complexity index is 1690. The Morgan fingerprint density at radius 3 is 2.44 bits per heavy atom. The van der Waals surface area contributed by atoms with Crippen LogP contribution in [0.4, 0.5) is 5.69 Å². The van der Waals surface area contributed by atoms with Crippen LogP contribution in [0.15, 0.2) is 101 Å². The van der Waals surface area contributed by atoms with Crippen LogP contribution in [0.3, 0.4) is 0 Å². The van der Waals surface area contributed by atoms with E-state index in [4.69, 9.17) is 25.8 Å². The van der Waals surface area contributed by atoms with Crippen molar-refractivity contribution in [2.45, 2.75) is 25.3 Å². The molecule has 0 spiro atoms. The minimum atomic E-state index is -4.09. The normalized spacial score (nSPS) is 11.3. The molecule has 0 atom stereocenters. The number of hydrogen-bond acceptors (Lipinski definition) is 7. The second kappa shape index (κ2) is 14.6. The van der Waals surface area contributed by atoms with Gasteiger partial charge < -0.3 is 14.2 Å². The fraction of sp³-hybridized carbons (Fsp3) is 0.188. The Kier molecular flexibility index (Phi) is 10.6. The van der Waals surface area contributed by atoms with E-state index in [-0.39, 0.29) is 10.6 Å². The highest BCUT2D eigenvalue weighted by Crippen LogP contribution is 2.30. The number of ether oxygens (including phenoxy) is 3. The third kappa shape index (κ3) is 8.50. The van der Waals surface area contributed by atoms with Gasteiger partial charge in [-0.15, -0.1) is 0 Å². The molecule has 0 aliphatic heterocycles. The van der Waals surface area contributed by atoms with E-state index in [2.05, 4.69) is 10.5 Å². The zero-order valence-corrected chi connectivity index (χ0v) is 25.6. The average Bonchev–Trinajstić information content (AvgIpc) is 3.00. The van der Waals surface area contributed by atoms with Gasteiger partial charge in [-0.2, -0.15) is 5.10 Å². The first-order valence-corrected chi connectivity index (χ1v) is 15.2. The molecule has 1 amide bonds. The number of benzene rings is 4. The van der Waals surface area contributed by atoms with Gasteiger partial charge in [0.25, 0.3) is 15.9 Å². The Morgan fingerprint density at radius 1 is 0.953 bits per heavy atom. The quantitative estimate of drug-likeness (QED) is 0.145. The van der Waals surface area contributed by atoms with Gasteiger partial charge in [-0.05, 0) is 79.6 Å². The third-order valence-electron chi connectivity index (χ3n) is 6.19. The lowest BCUT2D eigenvalue weighted by Gasteiger charge is -2.24. The van der Waals surface area contributed by atoms with Crippen molar-refractivity contribution >= 4 is 39.4 Å². The summed E-state index contributed by atoms with van der Waals surface area (Å²) in [5.41, 5.74) is 5.15. The predicted octanol–water partition coefficient (Wildman–Crippen LogP) is 5.98. The number of hydrogen-bond donors (Lipinski definition) is 1. The molecule has 0 unspecified atom stereocenters. The minimum absolute atomic E-state index is 0.0540. The largest absolute Gasteiger partial charge is 0.497 e. The maximum Gasteiger partial charge on any atom is 0.264 e. The van der Waals surface area contributed by atoms with Crippen molar-refractivity contribution in [3.63, 3.8) is 0 Å². The molecule has 0 radical (unpaired) electrons. The summed E-state index contributed by atoms with van der Waals surface area (Å²) in [6.45, 7) is 3.93. The Hall–Kier alpha value is -4.54. The predicted molar refractivity (Wildman–Crippen MR) is 168 cm³/mol. The lowest BCUT2D eigenvalue weighted by molar-refractivity contribution is -0.119. The van der Waals surface area contributed by atoms with Crippen LogP contribution in [-0.4, -0.2) is 40.8 Å². The van der Waals surface area contributed by atoms with Crippen LogP contribution in [-0.2, 0) is 21.4 Å². The van der Waals surface area contributed by atoms with E-state index in [1.807, 2.05) is 32.0 Å². The van der Waals surface area contributed by atoms with Gasteiger partial charge in [0.15, 0.2) is 11.5 Å². The molecule has 4 rings (SSSR count). The van der Waals surface area contributed by atoms with Crippen molar-refractivity contribution in [2.24, 2.45) is 5.10 Å². The van der Waals surface area contributed by atoms with E-state index in [0.717, 1.165) is 15.4 Å². The van der Waals surface area contributed by atoms with Crippen molar-refractivity contribution in [1.29, 1.82) is 0 Å². The molecule has 224 valence electrons. The molecule has 0 aromatic heterocycles. The fourth-order valence-corrected chi connectivity index (χ4v) is 5.67. The third-order valence-corrected chi connectivity index (χ3v) is 8.21. The molecule has 9 nitrogen and oxygen atoms in total. The summed E-state index contributed by atoms with van der Waals surface area (Å²) >= 11 is 6.06. The van der Waals surface area contributed by atoms with Crippen molar-refractivity contribution in [3.8, 4) is 17.2 Å². The summed E-state index contributed by atoms with van der Waals surface area (Å²) < 4.78 is 45.2. The maximum absolute atomic E-state index is 13.6. The fourth-order valence-electron chi connectivity index (χ4n) is 4.04. The molecule has 4 aromatic rings. The molecular weight excluding hydrogens is 590 g/mol. The van der Waals surface area contributed by atoms with Crippen LogP contribution < -0.4 is 23.9 Å². The van der Waals surface area contributed by atoms with Crippen LogP contribution in [0.2, 0.25) is 5.02 Å². The van der Waals surface area contributed by atoms with E-state index >= 15 is 0 Å². The number of sulfonamides is 1. The summed E-state index contributed by atoms with van der Waals surface area (Å²) in [5.74, 6) is 0.859. The zero-order valence-electron chi connectivity index (χ0n) is 24.0. The van der Waals surface area contributed by atoms with E-state index in [9.17, 15) is 13.2 Å². The first-order chi connectivity index (χ1) is 20.7. The Balaban J connectivity index is 1.48. The SMILES string of the molecule is CCOc1cc(/C=N\NC(=O)CN(c2cccc(OC)c2)S(=O)(=O)c2ccc(C)cc2)ccc1OCc1cccc(Cl)c1. The first-order valence-electron chi connectivity index (χ1n) is 13.4. The average molecular weight is 622 g/mol. The molecule has 0 aliphatic carbocycles. The van der Waals surface area contributed by atoms with Gasteiger partial charge in [0.1, 0.15) is 18.9 Å². The number of nitrogens with zero attached hydrogens (tertiary/aromatic N) is 2. The van der Waals surface area contributed by atoms with Gasteiger partial charge in [0.05, 0.1) is 30.5 Å². The number of halogens is 1. The summed E-state index contributed by atoms with van der Waals surface area (Å²) in [5, 5.41) is 4.66. The van der Waals surface area contributed by atoms with Gasteiger partial charge in [0, 0.05) is 11.1 Å². The lowest BCUT2D eigenvalue weighted by Crippen LogP contribution is -2.39. The second-order valence-corrected chi connectivity index (χ2v) is 11.7. The maximum atomic E-state index is 13.6. The standard InChI is InChI=1S/C32H32ClN3O6S/c1-4-41-31-18-24(13-16-30(31)42-22-25-7-5-8-26(33)17-25)20-34-35-32(37)21-36(27-9-6-10-28(19-27)40-3)43(38,39)29-14-11-23(2)12-15-29/h5-20H,4,21-22H2,1-3H3,(H,35,37)/b34-20-. The zero-order chi connectivity index (χ0) is 30.8. The number of amides is 1. The van der Waals surface area contributed by atoms with Crippen molar-refractivity contribution in [3.05, 3.63) is 113 Å². The molecule has 11 heteroatoms. The molecule has 4 aromatic carbocycles. The van der Waals surface area contributed by atoms with Gasteiger partial charge in [-0.25, -0.2) is 13.8 Å². The molecule has 0 heterocycles. The first kappa shape index (κ1) is 31.4. The molecule has 0 saturated carbocycles. The van der Waals surface area contributed by atoms with Gasteiger partial charge in [-0.1, -0.05) is 47.5 Å². The number of hydrazone groups is 1. The lowest BCUT2D eigenvalue weighted by atomic mass is 10.2. The molecular formula is C32H32ClN3O6S. The number of carbonyl (C=O) groups excluding carboxylic acids is 1. The number of nitrogens with one attached hydrogen (secondary N) is 1. The monoisotopic (exact) mass is 621 g/mol. The summed E-state index contributed by atoms with van der Waals surface area (Å²) in [6, 6.07) is 25.5. The van der Waals surface area contributed by atoms with Crippen LogP contribution >= 0.6 is 11.6 Å². The van der Waals surface area contributed by atoms with Crippen LogP contribution in [0.5, 0.6) is 17.2 Å². The molecule has 43 heavy (non-hydrogen) atoms. The topological polar surface area (TPSA) is 107 Å². The molecule has 0 fully saturated rings. The van der Waals surface area contributed by atoms with E-state index in [1.54, 1.807) is 60.7 Å². The van der Waals surface area contributed by atoms with Crippen molar-refractivity contribution in [1.82, 2.24) is 5.43 Å². The number of anilines is 1. The number of rotatable bonds is 13. The van der Waals surface area contributed by atoms with Crippen LogP contribution in [0, 0.1) is 6.92 Å². The summed E-state index contributed by atoms with van der Waals surface area (Å²) in [7, 11) is -2.61. The van der Waals surface area contributed by atoms with E-state index < -0.39 is 22.5 Å². The highest BCUT2D eigenvalue weighted by Gasteiger charge is 2.27. The van der Waals surface area contributed by atoms with E-state index in [1.165, 1.54) is 25.5 Å². The second-order valence-electron chi connectivity index (χ2n) is 9.38. The molecule has 0 saturated heterocycles. The van der Waals surface area contributed by atoms with Crippen LogP contribution in [0.1, 0.15) is 23.6 Å². The van der Waals surface area contributed by atoms with Crippen molar-refractivity contribution < 1.29 is 27.4 Å². The Morgan fingerprint density at radius 2 is 1.72 bits per heavy atom. The number of aryl methyl sites for hydroxylation is 1. The van der Waals surface area contributed by atoms with Gasteiger partial charge in [-0.3, -0.25) is 9.10 Å². The summed E-state index contributed by atoms with van der Waals surface area (Å²) in [4.78, 5) is 13.0. The van der Waals surface area contributed by atoms with Crippen molar-refractivity contribution in [2.75, 3.05) is 24.6 Å². The molecule has 1 N–H and O–H groups in total. The highest BCUT2D eigenvalue weighted by atomic mass is 35.5. The van der Waals surface area contributed by atoms with Gasteiger partial charge >= 0.3 is 0 Å². The van der Waals surface area contributed by atoms with Gasteiger partial charge in [0.2, 0.25) is 0 Å². The molecule has 0 bridgehead atoms. The number of methoxy groups -OCH3 is 1.